The Hall–Kier alpha value is -1.17. The number of hydrogen-bond acceptors (Lipinski definition) is 5. The van der Waals surface area contributed by atoms with Crippen LogP contribution in [0.3, 0.4) is 0 Å². The summed E-state index contributed by atoms with van der Waals surface area (Å²) in [6.07, 6.45) is 1.77. The minimum atomic E-state index is 0.733. The number of nitrogens with one attached hydrogen (secondary N) is 1. The minimum absolute atomic E-state index is 0.733. The average Bonchev–Trinajstić information content (AvgIpc) is 2.47. The summed E-state index contributed by atoms with van der Waals surface area (Å²) in [6, 6.07) is 4.04. The summed E-state index contributed by atoms with van der Waals surface area (Å²) in [5.74, 6) is 0.733. The monoisotopic (exact) mass is 264 g/mol. The maximum absolute atomic E-state index is 5.28. The van der Waals surface area contributed by atoms with Gasteiger partial charge in [-0.2, -0.15) is 0 Å². The first-order valence-corrected chi connectivity index (χ1v) is 6.89. The minimum Gasteiger partial charge on any atom is -0.481 e. The third kappa shape index (κ3) is 4.45. The van der Waals surface area contributed by atoms with Crippen molar-refractivity contribution in [2.45, 2.75) is 6.54 Å². The Morgan fingerprint density at radius 1 is 1.42 bits per heavy atom. The van der Waals surface area contributed by atoms with Gasteiger partial charge in [0.25, 0.3) is 0 Å². The van der Waals surface area contributed by atoms with Crippen LogP contribution in [0.1, 0.15) is 5.56 Å². The van der Waals surface area contributed by atoms with Crippen molar-refractivity contribution in [1.82, 2.24) is 20.1 Å². The Morgan fingerprint density at radius 2 is 2.21 bits per heavy atom. The molecule has 2 heterocycles. The van der Waals surface area contributed by atoms with E-state index in [-0.39, 0.29) is 0 Å². The summed E-state index contributed by atoms with van der Waals surface area (Å²) < 4.78 is 5.28. The quantitative estimate of drug-likeness (QED) is 0.807. The van der Waals surface area contributed by atoms with Crippen LogP contribution in [0.25, 0.3) is 0 Å². The summed E-state index contributed by atoms with van der Waals surface area (Å²) in [6.45, 7) is 7.61. The lowest BCUT2D eigenvalue weighted by Gasteiger charge is -2.29. The van der Waals surface area contributed by atoms with Crippen LogP contribution in [0.2, 0.25) is 0 Å². The number of piperazine rings is 1. The molecule has 1 aromatic rings. The Labute approximate surface area is 115 Å². The van der Waals surface area contributed by atoms with Gasteiger partial charge < -0.3 is 15.0 Å². The van der Waals surface area contributed by atoms with Gasteiger partial charge in [-0.05, 0) is 13.1 Å². The highest BCUT2D eigenvalue weighted by molar-refractivity contribution is 5.25. The summed E-state index contributed by atoms with van der Waals surface area (Å²) in [7, 11) is 3.82. The lowest BCUT2D eigenvalue weighted by atomic mass is 10.2. The Balaban J connectivity index is 1.78. The molecule has 19 heavy (non-hydrogen) atoms. The fourth-order valence-corrected chi connectivity index (χ4v) is 2.34. The molecule has 2 rings (SSSR count). The van der Waals surface area contributed by atoms with Crippen LogP contribution in [0, 0.1) is 0 Å². The molecule has 0 radical (unpaired) electrons. The highest BCUT2D eigenvalue weighted by atomic mass is 16.5. The third-order valence-electron chi connectivity index (χ3n) is 3.49. The fraction of sp³-hybridized carbons (Fsp3) is 0.643. The standard InChI is InChI=1S/C14H24N4O/c1-17(10-11-18-8-6-15-7-9-18)12-13-4-3-5-16-14(13)19-2/h3-5,15H,6-12H2,1-2H3. The SMILES string of the molecule is COc1ncccc1CN(C)CCN1CCNCC1. The van der Waals surface area contributed by atoms with Gasteiger partial charge in [-0.3, -0.25) is 4.90 Å². The van der Waals surface area contributed by atoms with E-state index >= 15 is 0 Å². The van der Waals surface area contributed by atoms with Crippen molar-refractivity contribution in [3.8, 4) is 5.88 Å². The molecule has 106 valence electrons. The number of rotatable bonds is 6. The molecule has 5 heteroatoms. The Bertz CT molecular complexity index is 379. The number of nitrogens with zero attached hydrogens (tertiary/aromatic N) is 3. The second-order valence-electron chi connectivity index (χ2n) is 5.00. The van der Waals surface area contributed by atoms with Gasteiger partial charge in [0.2, 0.25) is 5.88 Å². The zero-order valence-electron chi connectivity index (χ0n) is 11.9. The van der Waals surface area contributed by atoms with Crippen molar-refractivity contribution in [2.75, 3.05) is 53.4 Å². The van der Waals surface area contributed by atoms with Crippen LogP contribution < -0.4 is 10.1 Å². The van der Waals surface area contributed by atoms with Gasteiger partial charge in [0.1, 0.15) is 0 Å². The topological polar surface area (TPSA) is 40.6 Å². The van der Waals surface area contributed by atoms with E-state index in [1.165, 1.54) is 0 Å². The molecule has 0 atom stereocenters. The molecule has 0 spiro atoms. The molecule has 0 aromatic carbocycles. The van der Waals surface area contributed by atoms with Gasteiger partial charge in [-0.1, -0.05) is 6.07 Å². The van der Waals surface area contributed by atoms with E-state index in [4.69, 9.17) is 4.74 Å². The number of ether oxygens (including phenoxy) is 1. The smallest absolute Gasteiger partial charge is 0.217 e. The largest absolute Gasteiger partial charge is 0.481 e. The van der Waals surface area contributed by atoms with E-state index < -0.39 is 0 Å². The van der Waals surface area contributed by atoms with Gasteiger partial charge in [-0.25, -0.2) is 4.98 Å². The normalized spacial score (nSPS) is 16.8. The van der Waals surface area contributed by atoms with Crippen molar-refractivity contribution in [3.05, 3.63) is 23.9 Å². The predicted molar refractivity (Wildman–Crippen MR) is 76.4 cm³/mol. The summed E-state index contributed by atoms with van der Waals surface area (Å²) >= 11 is 0. The molecule has 1 aromatic heterocycles. The van der Waals surface area contributed by atoms with E-state index in [9.17, 15) is 0 Å². The summed E-state index contributed by atoms with van der Waals surface area (Å²) in [5, 5.41) is 3.38. The predicted octanol–water partition coefficient (Wildman–Crippen LogP) is 0.427. The van der Waals surface area contributed by atoms with Crippen molar-refractivity contribution < 1.29 is 4.74 Å². The highest BCUT2D eigenvalue weighted by Gasteiger charge is 2.11. The number of pyridine rings is 1. The fourth-order valence-electron chi connectivity index (χ4n) is 2.34. The molecule has 0 unspecified atom stereocenters. The Kier molecular flexibility index (Phi) is 5.57. The van der Waals surface area contributed by atoms with Gasteiger partial charge >= 0.3 is 0 Å². The molecule has 0 amide bonds. The van der Waals surface area contributed by atoms with Crippen molar-refractivity contribution in [3.63, 3.8) is 0 Å². The van der Waals surface area contributed by atoms with E-state index in [2.05, 4.69) is 33.2 Å². The van der Waals surface area contributed by atoms with Crippen LogP contribution in [0.15, 0.2) is 18.3 Å². The first-order chi connectivity index (χ1) is 9.29. The second kappa shape index (κ2) is 7.43. The third-order valence-corrected chi connectivity index (χ3v) is 3.49. The van der Waals surface area contributed by atoms with E-state index in [1.807, 2.05) is 6.07 Å². The lowest BCUT2D eigenvalue weighted by Crippen LogP contribution is -2.45. The Morgan fingerprint density at radius 3 is 2.95 bits per heavy atom. The molecular weight excluding hydrogens is 240 g/mol. The molecule has 1 saturated heterocycles. The first kappa shape index (κ1) is 14.2. The number of hydrogen-bond donors (Lipinski definition) is 1. The average molecular weight is 264 g/mol. The number of likely N-dealkylation sites (N-methyl/N-ethyl adjacent to an activating group) is 1. The molecule has 1 aliphatic heterocycles. The molecule has 1 aliphatic rings. The molecule has 1 N–H and O–H groups in total. The summed E-state index contributed by atoms with van der Waals surface area (Å²) in [5.41, 5.74) is 1.15. The maximum Gasteiger partial charge on any atom is 0.217 e. The number of methoxy groups -OCH3 is 1. The highest BCUT2D eigenvalue weighted by Crippen LogP contribution is 2.15. The van der Waals surface area contributed by atoms with Crippen molar-refractivity contribution in [1.29, 1.82) is 0 Å². The molecule has 0 bridgehead atoms. The molecular formula is C14H24N4O. The van der Waals surface area contributed by atoms with Crippen LogP contribution in [0.5, 0.6) is 5.88 Å². The van der Waals surface area contributed by atoms with Crippen LogP contribution in [0.4, 0.5) is 0 Å². The van der Waals surface area contributed by atoms with E-state index in [1.54, 1.807) is 13.3 Å². The lowest BCUT2D eigenvalue weighted by molar-refractivity contribution is 0.201. The molecule has 0 aliphatic carbocycles. The van der Waals surface area contributed by atoms with Crippen LogP contribution >= 0.6 is 0 Å². The van der Waals surface area contributed by atoms with E-state index in [0.29, 0.717) is 0 Å². The van der Waals surface area contributed by atoms with Gasteiger partial charge in [-0.15, -0.1) is 0 Å². The van der Waals surface area contributed by atoms with Gasteiger partial charge in [0.05, 0.1) is 7.11 Å². The summed E-state index contributed by atoms with van der Waals surface area (Å²) in [4.78, 5) is 9.06. The van der Waals surface area contributed by atoms with Gasteiger partial charge in [0, 0.05) is 57.6 Å². The van der Waals surface area contributed by atoms with Gasteiger partial charge in [0.15, 0.2) is 0 Å². The first-order valence-electron chi connectivity index (χ1n) is 6.89. The molecule has 1 fully saturated rings. The van der Waals surface area contributed by atoms with Crippen LogP contribution in [-0.2, 0) is 6.54 Å². The zero-order valence-corrected chi connectivity index (χ0v) is 11.9. The van der Waals surface area contributed by atoms with E-state index in [0.717, 1.165) is 57.3 Å². The number of aromatic nitrogens is 1. The molecule has 0 saturated carbocycles. The van der Waals surface area contributed by atoms with Crippen molar-refractivity contribution >= 4 is 0 Å². The maximum atomic E-state index is 5.28. The molecule has 5 nitrogen and oxygen atoms in total. The zero-order chi connectivity index (χ0) is 13.5. The van der Waals surface area contributed by atoms with Crippen molar-refractivity contribution in [2.24, 2.45) is 0 Å². The van der Waals surface area contributed by atoms with Crippen LogP contribution in [-0.4, -0.2) is 68.2 Å². The second-order valence-corrected chi connectivity index (χ2v) is 5.00.